The van der Waals surface area contributed by atoms with Crippen molar-refractivity contribution in [3.63, 3.8) is 0 Å². The normalized spacial score (nSPS) is 21.9. The van der Waals surface area contributed by atoms with Gasteiger partial charge in [-0.3, -0.25) is 4.79 Å². The summed E-state index contributed by atoms with van der Waals surface area (Å²) in [5.74, 6) is -0.490. The zero-order valence-electron chi connectivity index (χ0n) is 11.3. The fraction of sp³-hybridized carbons (Fsp3) is 0.429. The molecule has 20 heavy (non-hydrogen) atoms. The van der Waals surface area contributed by atoms with Crippen LogP contribution in [0.4, 0.5) is 0 Å². The first-order valence-electron chi connectivity index (χ1n) is 6.48. The minimum absolute atomic E-state index is 0.305. The highest BCUT2D eigenvalue weighted by Crippen LogP contribution is 2.33. The van der Waals surface area contributed by atoms with Crippen LogP contribution in [0.1, 0.15) is 20.3 Å². The summed E-state index contributed by atoms with van der Waals surface area (Å²) >= 11 is 0. The zero-order valence-corrected chi connectivity index (χ0v) is 11.3. The molecule has 0 aliphatic carbocycles. The molecule has 1 aliphatic rings. The van der Waals surface area contributed by atoms with Crippen molar-refractivity contribution >= 4 is 11.9 Å². The lowest BCUT2D eigenvalue weighted by atomic mass is 10.1. The Bertz CT molecular complexity index is 516. The van der Waals surface area contributed by atoms with E-state index in [-0.39, 0.29) is 0 Å². The molecule has 2 unspecified atom stereocenters. The molecule has 0 bridgehead atoms. The van der Waals surface area contributed by atoms with Crippen LogP contribution in [0.3, 0.4) is 0 Å². The molecule has 1 aromatic carbocycles. The Balaban J connectivity index is 2.10. The Labute approximate surface area is 116 Å². The molecule has 108 valence electrons. The van der Waals surface area contributed by atoms with Crippen LogP contribution in [0.5, 0.6) is 11.5 Å². The lowest BCUT2D eigenvalue weighted by Crippen LogP contribution is -2.53. The third-order valence-electron chi connectivity index (χ3n) is 3.12. The number of amides is 1. The quantitative estimate of drug-likeness (QED) is 0.865. The van der Waals surface area contributed by atoms with E-state index in [4.69, 9.17) is 14.6 Å². The third-order valence-corrected chi connectivity index (χ3v) is 3.12. The van der Waals surface area contributed by atoms with E-state index in [2.05, 4.69) is 5.32 Å². The number of hydrogen-bond acceptors (Lipinski definition) is 4. The number of rotatable bonds is 4. The molecule has 1 heterocycles. The van der Waals surface area contributed by atoms with Crippen molar-refractivity contribution in [3.8, 4) is 11.5 Å². The van der Waals surface area contributed by atoms with Gasteiger partial charge in [0.15, 0.2) is 11.5 Å². The summed E-state index contributed by atoms with van der Waals surface area (Å²) in [6, 6.07) is 6.13. The van der Waals surface area contributed by atoms with Crippen molar-refractivity contribution in [2.75, 3.05) is 0 Å². The highest BCUT2D eigenvalue weighted by molar-refractivity contribution is 5.87. The Morgan fingerprint density at radius 2 is 1.90 bits per heavy atom. The molecule has 0 aromatic heterocycles. The Morgan fingerprint density at radius 1 is 1.30 bits per heavy atom. The fourth-order valence-electron chi connectivity index (χ4n) is 2.00. The fourth-order valence-corrected chi connectivity index (χ4v) is 2.00. The molecule has 2 rings (SSSR count). The summed E-state index contributed by atoms with van der Waals surface area (Å²) in [6.45, 7) is 3.40. The topological polar surface area (TPSA) is 84.9 Å². The van der Waals surface area contributed by atoms with E-state index in [1.54, 1.807) is 32.0 Å². The lowest BCUT2D eigenvalue weighted by molar-refractivity contribution is -0.144. The maximum absolute atomic E-state index is 12.1. The molecular weight excluding hydrogens is 262 g/mol. The summed E-state index contributed by atoms with van der Waals surface area (Å²) in [5, 5.41) is 11.4. The van der Waals surface area contributed by atoms with Gasteiger partial charge in [0.1, 0.15) is 12.1 Å². The van der Waals surface area contributed by atoms with Crippen molar-refractivity contribution in [1.82, 2.24) is 5.32 Å². The molecule has 0 saturated heterocycles. The van der Waals surface area contributed by atoms with E-state index in [1.807, 2.05) is 6.07 Å². The van der Waals surface area contributed by atoms with Gasteiger partial charge in [0.25, 0.3) is 5.91 Å². The van der Waals surface area contributed by atoms with Gasteiger partial charge in [0, 0.05) is 0 Å². The highest BCUT2D eigenvalue weighted by Gasteiger charge is 2.35. The second-order valence-corrected chi connectivity index (χ2v) is 4.62. The predicted octanol–water partition coefficient (Wildman–Crippen LogP) is 1.19. The zero-order chi connectivity index (χ0) is 14.7. The van der Waals surface area contributed by atoms with E-state index < -0.39 is 30.1 Å². The van der Waals surface area contributed by atoms with Crippen LogP contribution < -0.4 is 14.8 Å². The standard InChI is InChI=1S/C14H17NO5/c1-3-9(14(17)18)15-13(16)12-8(2)19-10-6-4-5-7-11(10)20-12/h4-9,12H,3H2,1-2H3,(H,15,16)(H,17,18)/t8?,9-,12?/m0/s1. The number of ether oxygens (including phenoxy) is 2. The van der Waals surface area contributed by atoms with Gasteiger partial charge in [-0.2, -0.15) is 0 Å². The predicted molar refractivity (Wildman–Crippen MR) is 70.8 cm³/mol. The van der Waals surface area contributed by atoms with Crippen molar-refractivity contribution in [3.05, 3.63) is 24.3 Å². The van der Waals surface area contributed by atoms with Crippen molar-refractivity contribution in [2.24, 2.45) is 0 Å². The minimum atomic E-state index is -1.06. The van der Waals surface area contributed by atoms with Gasteiger partial charge < -0.3 is 19.9 Å². The Hall–Kier alpha value is -2.24. The number of carbonyl (C=O) groups excluding carboxylic acids is 1. The second kappa shape index (κ2) is 5.81. The van der Waals surface area contributed by atoms with Crippen molar-refractivity contribution in [1.29, 1.82) is 0 Å². The summed E-state index contributed by atoms with van der Waals surface area (Å²) in [5.41, 5.74) is 0. The molecule has 2 N–H and O–H groups in total. The van der Waals surface area contributed by atoms with Crippen LogP contribution in [0.25, 0.3) is 0 Å². The lowest BCUT2D eigenvalue weighted by Gasteiger charge is -2.31. The summed E-state index contributed by atoms with van der Waals surface area (Å²) < 4.78 is 11.2. The number of carbonyl (C=O) groups is 2. The molecule has 1 amide bonds. The minimum Gasteiger partial charge on any atom is -0.482 e. The Kier molecular flexibility index (Phi) is 4.12. The number of carboxylic acids is 1. The molecule has 1 aromatic rings. The highest BCUT2D eigenvalue weighted by atomic mass is 16.6. The smallest absolute Gasteiger partial charge is 0.326 e. The van der Waals surface area contributed by atoms with Gasteiger partial charge in [0.2, 0.25) is 6.10 Å². The first-order chi connectivity index (χ1) is 9.52. The number of para-hydroxylation sites is 2. The van der Waals surface area contributed by atoms with Gasteiger partial charge in [-0.25, -0.2) is 4.79 Å². The van der Waals surface area contributed by atoms with Crippen molar-refractivity contribution in [2.45, 2.75) is 38.5 Å². The molecule has 0 fully saturated rings. The molecule has 0 saturated carbocycles. The first kappa shape index (κ1) is 14.2. The third kappa shape index (κ3) is 2.84. The maximum Gasteiger partial charge on any atom is 0.326 e. The van der Waals surface area contributed by atoms with E-state index in [1.165, 1.54) is 0 Å². The summed E-state index contributed by atoms with van der Waals surface area (Å²) in [6.07, 6.45) is -1.05. The van der Waals surface area contributed by atoms with E-state index in [0.29, 0.717) is 17.9 Å². The Morgan fingerprint density at radius 3 is 2.45 bits per heavy atom. The number of fused-ring (bicyclic) bond motifs is 1. The van der Waals surface area contributed by atoms with Crippen LogP contribution >= 0.6 is 0 Å². The second-order valence-electron chi connectivity index (χ2n) is 4.62. The molecule has 3 atom stereocenters. The first-order valence-corrected chi connectivity index (χ1v) is 6.48. The molecule has 6 heteroatoms. The molecule has 0 spiro atoms. The van der Waals surface area contributed by atoms with E-state index >= 15 is 0 Å². The van der Waals surface area contributed by atoms with Crippen LogP contribution in [0, 0.1) is 0 Å². The maximum atomic E-state index is 12.1. The van der Waals surface area contributed by atoms with Crippen LogP contribution in [-0.4, -0.2) is 35.2 Å². The molecular formula is C14H17NO5. The van der Waals surface area contributed by atoms with Gasteiger partial charge in [0.05, 0.1) is 0 Å². The largest absolute Gasteiger partial charge is 0.482 e. The van der Waals surface area contributed by atoms with Gasteiger partial charge in [-0.1, -0.05) is 19.1 Å². The number of hydrogen-bond donors (Lipinski definition) is 2. The SMILES string of the molecule is CC[C@H](NC(=O)C1Oc2ccccc2OC1C)C(=O)O. The number of carboxylic acid groups (broad SMARTS) is 1. The molecule has 1 aliphatic heterocycles. The van der Waals surface area contributed by atoms with Crippen molar-refractivity contribution < 1.29 is 24.2 Å². The van der Waals surface area contributed by atoms with Crippen LogP contribution in [0.15, 0.2) is 24.3 Å². The summed E-state index contributed by atoms with van der Waals surface area (Å²) in [7, 11) is 0. The van der Waals surface area contributed by atoms with Crippen LogP contribution in [0.2, 0.25) is 0 Å². The van der Waals surface area contributed by atoms with E-state index in [0.717, 1.165) is 0 Å². The van der Waals surface area contributed by atoms with E-state index in [9.17, 15) is 9.59 Å². The molecule has 6 nitrogen and oxygen atoms in total. The number of aliphatic carboxylic acids is 1. The average Bonchev–Trinajstić information content (AvgIpc) is 2.43. The number of nitrogens with one attached hydrogen (secondary N) is 1. The number of benzene rings is 1. The van der Waals surface area contributed by atoms with Gasteiger partial charge in [-0.05, 0) is 25.5 Å². The molecule has 0 radical (unpaired) electrons. The average molecular weight is 279 g/mol. The van der Waals surface area contributed by atoms with Crippen LogP contribution in [-0.2, 0) is 9.59 Å². The van der Waals surface area contributed by atoms with Gasteiger partial charge >= 0.3 is 5.97 Å². The van der Waals surface area contributed by atoms with Gasteiger partial charge in [-0.15, -0.1) is 0 Å². The monoisotopic (exact) mass is 279 g/mol. The summed E-state index contributed by atoms with van der Waals surface area (Å²) in [4.78, 5) is 23.1.